The van der Waals surface area contributed by atoms with Crippen molar-refractivity contribution in [1.82, 2.24) is 5.32 Å². The summed E-state index contributed by atoms with van der Waals surface area (Å²) in [5.41, 5.74) is 0. The third-order valence-electron chi connectivity index (χ3n) is 0.858. The van der Waals surface area contributed by atoms with E-state index in [2.05, 4.69) is 10.1 Å². The maximum atomic E-state index is 10.1. The molecule has 1 fully saturated rings. The predicted molar refractivity (Wildman–Crippen MR) is 24.3 cm³/mol. The number of nitrogens with one attached hydrogen (secondary N) is 1. The van der Waals surface area contributed by atoms with Gasteiger partial charge in [0.05, 0.1) is 6.54 Å². The van der Waals surface area contributed by atoms with Crippen LogP contribution in [-0.2, 0) is 9.53 Å². The van der Waals surface area contributed by atoms with Gasteiger partial charge in [0.25, 0.3) is 0 Å². The largest absolute Gasteiger partial charge is 0.437 e. The molecule has 0 radical (unpaired) electrons. The fourth-order valence-electron chi connectivity index (χ4n) is 0.481. The van der Waals surface area contributed by atoms with E-state index in [1.54, 1.807) is 0 Å². The summed E-state index contributed by atoms with van der Waals surface area (Å²) >= 11 is 0. The number of cyclic esters (lactones) is 1. The van der Waals surface area contributed by atoms with Crippen LogP contribution in [0.15, 0.2) is 0 Å². The summed E-state index contributed by atoms with van der Waals surface area (Å²) < 4.78 is 4.39. The molecule has 0 aromatic heterocycles. The average molecular weight is 115 g/mol. The SMILES string of the molecule is O=CC1CNC(=O)O1. The van der Waals surface area contributed by atoms with Gasteiger partial charge in [-0.2, -0.15) is 0 Å². The first-order chi connectivity index (χ1) is 3.83. The number of hydrogen-bond acceptors (Lipinski definition) is 3. The molecule has 44 valence electrons. The Labute approximate surface area is 45.8 Å². The molecule has 0 spiro atoms. The number of carbonyl (C=O) groups excluding carboxylic acids is 2. The molecule has 0 aromatic carbocycles. The lowest BCUT2D eigenvalue weighted by atomic mass is 10.4. The van der Waals surface area contributed by atoms with E-state index in [1.165, 1.54) is 0 Å². The topological polar surface area (TPSA) is 55.4 Å². The summed E-state index contributed by atoms with van der Waals surface area (Å²) in [6.07, 6.45) is -0.484. The normalized spacial score (nSPS) is 26.5. The number of ether oxygens (including phenoxy) is 1. The highest BCUT2D eigenvalue weighted by Crippen LogP contribution is 1.94. The summed E-state index contributed by atoms with van der Waals surface area (Å²) in [7, 11) is 0. The average Bonchev–Trinajstić information content (AvgIpc) is 2.14. The van der Waals surface area contributed by atoms with Crippen LogP contribution < -0.4 is 5.32 Å². The molecule has 4 heteroatoms. The van der Waals surface area contributed by atoms with Gasteiger partial charge in [-0.1, -0.05) is 0 Å². The molecule has 1 amide bonds. The van der Waals surface area contributed by atoms with Crippen molar-refractivity contribution in [3.05, 3.63) is 0 Å². The van der Waals surface area contributed by atoms with Crippen molar-refractivity contribution >= 4 is 12.4 Å². The Morgan fingerprint density at radius 3 is 2.88 bits per heavy atom. The first kappa shape index (κ1) is 5.08. The van der Waals surface area contributed by atoms with Gasteiger partial charge in [-0.15, -0.1) is 0 Å². The van der Waals surface area contributed by atoms with Gasteiger partial charge in [0.2, 0.25) is 0 Å². The van der Waals surface area contributed by atoms with Crippen molar-refractivity contribution in [2.75, 3.05) is 6.54 Å². The maximum absolute atomic E-state index is 10.1. The zero-order valence-corrected chi connectivity index (χ0v) is 4.09. The third-order valence-corrected chi connectivity index (χ3v) is 0.858. The van der Waals surface area contributed by atoms with E-state index >= 15 is 0 Å². The van der Waals surface area contributed by atoms with Crippen molar-refractivity contribution in [2.24, 2.45) is 0 Å². The standard InChI is InChI=1S/C4H5NO3/c6-2-3-1-5-4(7)8-3/h2-3H,1H2,(H,5,7). The van der Waals surface area contributed by atoms with Gasteiger partial charge >= 0.3 is 6.09 Å². The van der Waals surface area contributed by atoms with E-state index < -0.39 is 12.2 Å². The van der Waals surface area contributed by atoms with Gasteiger partial charge in [0.15, 0.2) is 12.4 Å². The Hall–Kier alpha value is -1.06. The van der Waals surface area contributed by atoms with E-state index in [-0.39, 0.29) is 0 Å². The highest BCUT2D eigenvalue weighted by molar-refractivity contribution is 5.74. The quantitative estimate of drug-likeness (QED) is 0.459. The van der Waals surface area contributed by atoms with Crippen LogP contribution in [0.25, 0.3) is 0 Å². The first-order valence-electron chi connectivity index (χ1n) is 2.22. The zero-order chi connectivity index (χ0) is 5.98. The van der Waals surface area contributed by atoms with E-state index in [4.69, 9.17) is 0 Å². The van der Waals surface area contributed by atoms with E-state index in [9.17, 15) is 9.59 Å². The molecule has 1 saturated heterocycles. The fraction of sp³-hybridized carbons (Fsp3) is 0.500. The molecular formula is C4H5NO3. The Bertz CT molecular complexity index is 122. The lowest BCUT2D eigenvalue weighted by Gasteiger charge is -1.91. The number of carbonyl (C=O) groups is 2. The number of rotatable bonds is 1. The molecule has 0 aromatic rings. The van der Waals surface area contributed by atoms with Crippen LogP contribution >= 0.6 is 0 Å². The second kappa shape index (κ2) is 1.81. The van der Waals surface area contributed by atoms with Gasteiger partial charge in [-0.25, -0.2) is 4.79 Å². The molecule has 1 heterocycles. The molecule has 1 atom stereocenters. The monoisotopic (exact) mass is 115 g/mol. The Balaban J connectivity index is 2.43. The molecule has 1 N–H and O–H groups in total. The van der Waals surface area contributed by atoms with Gasteiger partial charge in [-0.3, -0.25) is 4.79 Å². The Kier molecular flexibility index (Phi) is 1.15. The molecule has 1 aliphatic rings. The molecule has 1 aliphatic heterocycles. The lowest BCUT2D eigenvalue weighted by Crippen LogP contribution is -2.15. The summed E-state index contributed by atoms with van der Waals surface area (Å²) in [6.45, 7) is 0.308. The van der Waals surface area contributed by atoms with Crippen LogP contribution in [0.4, 0.5) is 4.79 Å². The van der Waals surface area contributed by atoms with Crippen LogP contribution in [0, 0.1) is 0 Å². The second-order valence-corrected chi connectivity index (χ2v) is 1.46. The minimum absolute atomic E-state index is 0.308. The van der Waals surface area contributed by atoms with Gasteiger partial charge in [0, 0.05) is 0 Å². The van der Waals surface area contributed by atoms with Gasteiger partial charge in [-0.05, 0) is 0 Å². The van der Waals surface area contributed by atoms with Gasteiger partial charge in [0.1, 0.15) is 0 Å². The first-order valence-corrected chi connectivity index (χ1v) is 2.22. The van der Waals surface area contributed by atoms with Crippen LogP contribution in [0.3, 0.4) is 0 Å². The molecule has 4 nitrogen and oxygen atoms in total. The molecule has 0 bridgehead atoms. The van der Waals surface area contributed by atoms with E-state index in [1.807, 2.05) is 0 Å². The summed E-state index contributed by atoms with van der Waals surface area (Å²) in [6, 6.07) is 0. The van der Waals surface area contributed by atoms with Crippen LogP contribution in [-0.4, -0.2) is 25.0 Å². The number of hydrogen-bond donors (Lipinski definition) is 1. The second-order valence-electron chi connectivity index (χ2n) is 1.46. The van der Waals surface area contributed by atoms with Crippen LogP contribution in [0.2, 0.25) is 0 Å². The molecule has 0 aliphatic carbocycles. The lowest BCUT2D eigenvalue weighted by molar-refractivity contribution is -0.113. The zero-order valence-electron chi connectivity index (χ0n) is 4.09. The highest BCUT2D eigenvalue weighted by atomic mass is 16.6. The van der Waals surface area contributed by atoms with Crippen molar-refractivity contribution < 1.29 is 14.3 Å². The number of alkyl carbamates (subject to hydrolysis) is 1. The molecule has 8 heavy (non-hydrogen) atoms. The van der Waals surface area contributed by atoms with E-state index in [0.29, 0.717) is 12.8 Å². The molecule has 0 saturated carbocycles. The summed E-state index contributed by atoms with van der Waals surface area (Å²) in [5.74, 6) is 0. The molecule has 1 rings (SSSR count). The number of amides is 1. The number of aldehydes is 1. The maximum Gasteiger partial charge on any atom is 0.408 e. The van der Waals surface area contributed by atoms with Crippen molar-refractivity contribution in [2.45, 2.75) is 6.10 Å². The smallest absolute Gasteiger partial charge is 0.408 e. The minimum atomic E-state index is -0.567. The Morgan fingerprint density at radius 1 is 1.88 bits per heavy atom. The highest BCUT2D eigenvalue weighted by Gasteiger charge is 2.20. The van der Waals surface area contributed by atoms with Gasteiger partial charge < -0.3 is 10.1 Å². The predicted octanol–water partition coefficient (Wildman–Crippen LogP) is -0.706. The van der Waals surface area contributed by atoms with Crippen LogP contribution in [0.5, 0.6) is 0 Å². The summed E-state index contributed by atoms with van der Waals surface area (Å²) in [5, 5.41) is 2.33. The molecular weight excluding hydrogens is 110 g/mol. The molecule has 1 unspecified atom stereocenters. The van der Waals surface area contributed by atoms with E-state index in [0.717, 1.165) is 0 Å². The van der Waals surface area contributed by atoms with Crippen molar-refractivity contribution in [1.29, 1.82) is 0 Å². The fourth-order valence-corrected chi connectivity index (χ4v) is 0.481. The summed E-state index contributed by atoms with van der Waals surface area (Å²) in [4.78, 5) is 20.0. The Morgan fingerprint density at radius 2 is 2.62 bits per heavy atom. The third kappa shape index (κ3) is 0.776. The minimum Gasteiger partial charge on any atom is -0.437 e. The van der Waals surface area contributed by atoms with Crippen molar-refractivity contribution in [3.63, 3.8) is 0 Å². The van der Waals surface area contributed by atoms with Crippen molar-refractivity contribution in [3.8, 4) is 0 Å². The van der Waals surface area contributed by atoms with Crippen LogP contribution in [0.1, 0.15) is 0 Å².